The van der Waals surface area contributed by atoms with Crippen LogP contribution in [0.1, 0.15) is 53.9 Å². The van der Waals surface area contributed by atoms with Crippen molar-refractivity contribution < 1.29 is 9.59 Å². The number of aromatic nitrogens is 1. The number of rotatable bonds is 9. The number of fused-ring (bicyclic) bond motifs is 1. The van der Waals surface area contributed by atoms with Crippen molar-refractivity contribution in [2.24, 2.45) is 0 Å². The topological polar surface area (TPSA) is 80.5 Å². The Morgan fingerprint density at radius 3 is 2.49 bits per heavy atom. The van der Waals surface area contributed by atoms with E-state index in [4.69, 9.17) is 0 Å². The number of hydrogen-bond acceptors (Lipinski definition) is 4. The van der Waals surface area contributed by atoms with Crippen molar-refractivity contribution in [3.8, 4) is 0 Å². The minimum Gasteiger partial charge on any atom is -0.361 e. The third kappa shape index (κ3) is 7.08. The molecule has 1 fully saturated rings. The van der Waals surface area contributed by atoms with Gasteiger partial charge in [0.1, 0.15) is 6.04 Å². The van der Waals surface area contributed by atoms with Crippen LogP contribution in [0, 0.1) is 6.92 Å². The molecule has 1 saturated heterocycles. The van der Waals surface area contributed by atoms with E-state index >= 15 is 0 Å². The highest BCUT2D eigenvalue weighted by atomic mass is 32.2. The van der Waals surface area contributed by atoms with Crippen molar-refractivity contribution >= 4 is 40.3 Å². The molecule has 0 saturated carbocycles. The normalized spacial score (nSPS) is 15.4. The number of likely N-dealkylation sites (tertiary alicyclic amines) is 1. The standard InChI is InChI=1S/C35H43N5O2S/c1-23-10-6-7-11-27(23)26-16-18-40(19-17-26)35(42)38-33(24(2)29-21-36-30-13-9-8-12-28(29)30)34(41)37-31-20-25(22-39(3)4)14-15-32(31)43-5/h6-15,20-21,24,26,33,36H,16-19,22H2,1-5H3,(H,37,41)(H,38,42). The van der Waals surface area contributed by atoms with Gasteiger partial charge >= 0.3 is 6.03 Å². The quantitative estimate of drug-likeness (QED) is 0.182. The summed E-state index contributed by atoms with van der Waals surface area (Å²) in [7, 11) is 4.05. The SMILES string of the molecule is CSc1ccc(CN(C)C)cc1NC(=O)C(NC(=O)N1CCC(c2ccccc2C)CC1)C(C)c1c[nH]c2ccccc12. The first-order chi connectivity index (χ1) is 20.7. The summed E-state index contributed by atoms with van der Waals surface area (Å²) >= 11 is 1.59. The van der Waals surface area contributed by atoms with Crippen LogP contribution in [-0.2, 0) is 11.3 Å². The number of urea groups is 1. The molecule has 4 aromatic rings. The molecule has 3 N–H and O–H groups in total. The van der Waals surface area contributed by atoms with E-state index in [0.29, 0.717) is 19.0 Å². The Morgan fingerprint density at radius 1 is 1.05 bits per heavy atom. The van der Waals surface area contributed by atoms with Gasteiger partial charge in [0.05, 0.1) is 5.69 Å². The van der Waals surface area contributed by atoms with Gasteiger partial charge < -0.3 is 25.4 Å². The number of anilines is 1. The van der Waals surface area contributed by atoms with Gasteiger partial charge in [0.25, 0.3) is 0 Å². The Balaban J connectivity index is 1.37. The van der Waals surface area contributed by atoms with E-state index < -0.39 is 6.04 Å². The van der Waals surface area contributed by atoms with E-state index in [1.807, 2.05) is 68.7 Å². The molecular weight excluding hydrogens is 554 g/mol. The first-order valence-corrected chi connectivity index (χ1v) is 16.3. The third-order valence-electron chi connectivity index (χ3n) is 8.60. The van der Waals surface area contributed by atoms with Gasteiger partial charge in [-0.15, -0.1) is 11.8 Å². The number of benzene rings is 3. The molecular formula is C35H43N5O2S. The Hall–Kier alpha value is -3.75. The Morgan fingerprint density at radius 2 is 1.77 bits per heavy atom. The Bertz CT molecular complexity index is 1570. The molecule has 0 bridgehead atoms. The zero-order valence-electron chi connectivity index (χ0n) is 25.8. The third-order valence-corrected chi connectivity index (χ3v) is 9.40. The molecule has 2 heterocycles. The summed E-state index contributed by atoms with van der Waals surface area (Å²) in [6.45, 7) is 6.25. The number of H-pyrrole nitrogens is 1. The van der Waals surface area contributed by atoms with E-state index in [9.17, 15) is 9.59 Å². The maximum Gasteiger partial charge on any atom is 0.318 e. The van der Waals surface area contributed by atoms with Crippen LogP contribution in [0.3, 0.4) is 0 Å². The lowest BCUT2D eigenvalue weighted by Gasteiger charge is -2.34. The molecule has 2 unspecified atom stereocenters. The zero-order chi connectivity index (χ0) is 30.5. The highest BCUT2D eigenvalue weighted by Crippen LogP contribution is 2.32. The summed E-state index contributed by atoms with van der Waals surface area (Å²) in [4.78, 5) is 36.1. The molecule has 43 heavy (non-hydrogen) atoms. The van der Waals surface area contributed by atoms with E-state index in [-0.39, 0.29) is 17.9 Å². The largest absolute Gasteiger partial charge is 0.361 e. The molecule has 7 nitrogen and oxygen atoms in total. The molecule has 2 atom stereocenters. The summed E-state index contributed by atoms with van der Waals surface area (Å²) in [5.74, 6) is -0.0561. The van der Waals surface area contributed by atoms with Crippen LogP contribution < -0.4 is 10.6 Å². The second-order valence-corrected chi connectivity index (χ2v) is 12.7. The zero-order valence-corrected chi connectivity index (χ0v) is 26.6. The highest BCUT2D eigenvalue weighted by molar-refractivity contribution is 7.98. The second kappa shape index (κ2) is 13.7. The fraction of sp³-hybridized carbons (Fsp3) is 0.371. The van der Waals surface area contributed by atoms with Gasteiger partial charge in [0.15, 0.2) is 0 Å². The van der Waals surface area contributed by atoms with Crippen molar-refractivity contribution in [1.82, 2.24) is 20.1 Å². The molecule has 226 valence electrons. The highest BCUT2D eigenvalue weighted by Gasteiger charge is 2.33. The summed E-state index contributed by atoms with van der Waals surface area (Å²) in [6.07, 6.45) is 5.78. The molecule has 0 spiro atoms. The van der Waals surface area contributed by atoms with Gasteiger partial charge in [-0.25, -0.2) is 4.79 Å². The Kier molecular flexibility index (Phi) is 9.78. The van der Waals surface area contributed by atoms with E-state index in [2.05, 4.69) is 63.8 Å². The predicted octanol–water partition coefficient (Wildman–Crippen LogP) is 6.96. The smallest absolute Gasteiger partial charge is 0.318 e. The van der Waals surface area contributed by atoms with Crippen LogP contribution in [0.4, 0.5) is 10.5 Å². The molecule has 3 aromatic carbocycles. The molecule has 5 rings (SSSR count). The van der Waals surface area contributed by atoms with Crippen LogP contribution >= 0.6 is 11.8 Å². The second-order valence-electron chi connectivity index (χ2n) is 11.9. The molecule has 0 aliphatic carbocycles. The van der Waals surface area contributed by atoms with Gasteiger partial charge in [-0.3, -0.25) is 4.79 Å². The van der Waals surface area contributed by atoms with Crippen molar-refractivity contribution in [3.05, 3.63) is 95.2 Å². The first-order valence-electron chi connectivity index (χ1n) is 15.0. The fourth-order valence-corrected chi connectivity index (χ4v) is 6.79. The van der Waals surface area contributed by atoms with Crippen molar-refractivity contribution in [1.29, 1.82) is 0 Å². The Labute approximate surface area is 259 Å². The summed E-state index contributed by atoms with van der Waals surface area (Å²) in [6, 6.07) is 21.8. The minimum absolute atomic E-state index is 0.193. The lowest BCUT2D eigenvalue weighted by molar-refractivity contribution is -0.118. The molecule has 3 amide bonds. The molecule has 1 aromatic heterocycles. The number of thioether (sulfide) groups is 1. The molecule has 1 aliphatic heterocycles. The summed E-state index contributed by atoms with van der Waals surface area (Å²) < 4.78 is 0. The maximum absolute atomic E-state index is 14.1. The lowest BCUT2D eigenvalue weighted by atomic mass is 9.87. The van der Waals surface area contributed by atoms with Gasteiger partial charge in [0.2, 0.25) is 5.91 Å². The number of aryl methyl sites for hydroxylation is 1. The summed E-state index contributed by atoms with van der Waals surface area (Å²) in [5, 5.41) is 7.40. The van der Waals surface area contributed by atoms with Crippen molar-refractivity contribution in [3.63, 3.8) is 0 Å². The molecule has 8 heteroatoms. The number of carbonyl (C=O) groups is 2. The van der Waals surface area contributed by atoms with Crippen molar-refractivity contribution in [2.75, 3.05) is 38.8 Å². The average Bonchev–Trinajstić information content (AvgIpc) is 3.44. The lowest BCUT2D eigenvalue weighted by Crippen LogP contribution is -2.53. The number of nitrogens with one attached hydrogen (secondary N) is 3. The van der Waals surface area contributed by atoms with E-state index in [1.165, 1.54) is 11.1 Å². The summed E-state index contributed by atoms with van der Waals surface area (Å²) in [5.41, 5.74) is 6.55. The fourth-order valence-electron chi connectivity index (χ4n) is 6.26. The number of para-hydroxylation sites is 1. The van der Waals surface area contributed by atoms with Crippen LogP contribution in [0.5, 0.6) is 0 Å². The van der Waals surface area contributed by atoms with Crippen molar-refractivity contribution in [2.45, 2.75) is 56.0 Å². The maximum atomic E-state index is 14.1. The molecule has 0 radical (unpaired) electrons. The number of nitrogens with zero attached hydrogens (tertiary/aromatic N) is 2. The van der Waals surface area contributed by atoms with Crippen LogP contribution in [0.25, 0.3) is 10.9 Å². The van der Waals surface area contributed by atoms with Gasteiger partial charge in [-0.2, -0.15) is 0 Å². The molecule has 1 aliphatic rings. The number of piperidine rings is 1. The van der Waals surface area contributed by atoms with Gasteiger partial charge in [-0.1, -0.05) is 55.5 Å². The van der Waals surface area contributed by atoms with Crippen LogP contribution in [0.15, 0.2) is 77.8 Å². The average molecular weight is 598 g/mol. The first kappa shape index (κ1) is 30.7. The number of amides is 3. The van der Waals surface area contributed by atoms with Crippen LogP contribution in [0.2, 0.25) is 0 Å². The minimum atomic E-state index is -0.770. The predicted molar refractivity (Wildman–Crippen MR) is 178 cm³/mol. The van der Waals surface area contributed by atoms with E-state index in [0.717, 1.165) is 52.0 Å². The number of hydrogen-bond donors (Lipinski definition) is 3. The van der Waals surface area contributed by atoms with Gasteiger partial charge in [-0.05, 0) is 86.5 Å². The monoisotopic (exact) mass is 597 g/mol. The van der Waals surface area contributed by atoms with E-state index in [1.54, 1.807) is 11.8 Å². The van der Waals surface area contributed by atoms with Crippen LogP contribution in [-0.4, -0.2) is 66.2 Å². The van der Waals surface area contributed by atoms with Gasteiger partial charge in [0, 0.05) is 47.5 Å². The number of aromatic amines is 1. The number of carbonyl (C=O) groups excluding carboxylic acids is 2.